The van der Waals surface area contributed by atoms with Gasteiger partial charge in [0, 0.05) is 12.2 Å². The number of fused-ring (bicyclic) bond motifs is 1. The SMILES string of the molecule is CC(OC(=O)c1cccc(CN2C(=O)c3ccccc3C2=O)c1)C(=O)N(CCC#N)c1ccccc1. The molecule has 8 nitrogen and oxygen atoms in total. The third-order valence-corrected chi connectivity index (χ3v) is 5.79. The largest absolute Gasteiger partial charge is 0.449 e. The number of hydrogen-bond acceptors (Lipinski definition) is 6. The highest BCUT2D eigenvalue weighted by Gasteiger charge is 2.35. The van der Waals surface area contributed by atoms with Crippen molar-refractivity contribution < 1.29 is 23.9 Å². The number of nitrogens with zero attached hydrogens (tertiary/aromatic N) is 3. The molecular weight excluding hydrogens is 458 g/mol. The standard InChI is InChI=1S/C28H23N3O5/c1-19(25(32)30(16-8-15-29)22-11-3-2-4-12-22)36-28(35)21-10-7-9-20(17-21)18-31-26(33)23-13-5-6-14-24(23)27(31)34/h2-7,9-14,17,19H,8,16,18H2,1H3. The van der Waals surface area contributed by atoms with E-state index in [1.807, 2.05) is 12.1 Å². The molecule has 3 amide bonds. The maximum atomic E-state index is 13.1. The number of imide groups is 1. The summed E-state index contributed by atoms with van der Waals surface area (Å²) in [6.45, 7) is 1.64. The van der Waals surface area contributed by atoms with Crippen LogP contribution >= 0.6 is 0 Å². The van der Waals surface area contributed by atoms with Crippen molar-refractivity contribution in [2.24, 2.45) is 0 Å². The van der Waals surface area contributed by atoms with Crippen molar-refractivity contribution in [1.29, 1.82) is 5.26 Å². The Morgan fingerprint density at radius 3 is 2.22 bits per heavy atom. The first-order valence-electron chi connectivity index (χ1n) is 11.4. The third kappa shape index (κ3) is 5.00. The highest BCUT2D eigenvalue weighted by Crippen LogP contribution is 2.24. The molecule has 8 heteroatoms. The maximum Gasteiger partial charge on any atom is 0.338 e. The van der Waals surface area contributed by atoms with E-state index in [0.717, 1.165) is 4.90 Å². The maximum absolute atomic E-state index is 13.1. The van der Waals surface area contributed by atoms with Crippen molar-refractivity contribution in [3.63, 3.8) is 0 Å². The van der Waals surface area contributed by atoms with E-state index in [1.165, 1.54) is 24.0 Å². The number of para-hydroxylation sites is 1. The molecule has 1 heterocycles. The van der Waals surface area contributed by atoms with E-state index < -0.39 is 18.0 Å². The quantitative estimate of drug-likeness (QED) is 0.356. The van der Waals surface area contributed by atoms with Gasteiger partial charge in [0.25, 0.3) is 17.7 Å². The highest BCUT2D eigenvalue weighted by molar-refractivity contribution is 6.21. The number of benzene rings is 3. The Bertz CT molecular complexity index is 1330. The number of carbonyl (C=O) groups is 4. The fourth-order valence-corrected chi connectivity index (χ4v) is 4.00. The van der Waals surface area contributed by atoms with E-state index in [-0.39, 0.29) is 36.9 Å². The van der Waals surface area contributed by atoms with Gasteiger partial charge >= 0.3 is 5.97 Å². The molecule has 3 aromatic rings. The van der Waals surface area contributed by atoms with Gasteiger partial charge in [-0.25, -0.2) is 4.79 Å². The Kier molecular flexibility index (Phi) is 7.21. The van der Waals surface area contributed by atoms with Gasteiger partial charge in [0.1, 0.15) is 0 Å². The van der Waals surface area contributed by atoms with Gasteiger partial charge in [-0.2, -0.15) is 5.26 Å². The van der Waals surface area contributed by atoms with Crippen LogP contribution in [0.15, 0.2) is 78.9 Å². The molecule has 0 N–H and O–H groups in total. The first kappa shape index (κ1) is 24.4. The van der Waals surface area contributed by atoms with Crippen molar-refractivity contribution >= 4 is 29.4 Å². The summed E-state index contributed by atoms with van der Waals surface area (Å²) in [6, 6.07) is 23.9. The molecule has 1 unspecified atom stereocenters. The Balaban J connectivity index is 1.45. The van der Waals surface area contributed by atoms with Gasteiger partial charge < -0.3 is 9.64 Å². The van der Waals surface area contributed by atoms with Gasteiger partial charge in [0.15, 0.2) is 6.10 Å². The predicted octanol–water partition coefficient (Wildman–Crippen LogP) is 3.97. The highest BCUT2D eigenvalue weighted by atomic mass is 16.5. The van der Waals surface area contributed by atoms with Gasteiger partial charge in [0.05, 0.1) is 35.7 Å². The zero-order valence-corrected chi connectivity index (χ0v) is 19.6. The van der Waals surface area contributed by atoms with Gasteiger partial charge in [-0.1, -0.05) is 42.5 Å². The molecule has 180 valence electrons. The average molecular weight is 482 g/mol. The normalized spacial score (nSPS) is 13.1. The first-order valence-corrected chi connectivity index (χ1v) is 11.4. The summed E-state index contributed by atoms with van der Waals surface area (Å²) in [5.41, 5.74) is 2.06. The topological polar surface area (TPSA) is 108 Å². The summed E-state index contributed by atoms with van der Waals surface area (Å²) in [5.74, 6) is -1.94. The fourth-order valence-electron chi connectivity index (χ4n) is 4.00. The summed E-state index contributed by atoms with van der Waals surface area (Å²) in [5, 5.41) is 8.97. The second-order valence-corrected chi connectivity index (χ2v) is 8.22. The Morgan fingerprint density at radius 2 is 1.58 bits per heavy atom. The van der Waals surface area contributed by atoms with Crippen LogP contribution in [0.25, 0.3) is 0 Å². The minimum absolute atomic E-state index is 0.00209. The molecule has 0 fully saturated rings. The predicted molar refractivity (Wildman–Crippen MR) is 131 cm³/mol. The number of carbonyl (C=O) groups excluding carboxylic acids is 4. The molecule has 3 aromatic carbocycles. The lowest BCUT2D eigenvalue weighted by atomic mass is 10.1. The van der Waals surface area contributed by atoms with Crippen molar-refractivity contribution in [3.05, 3.63) is 101 Å². The van der Waals surface area contributed by atoms with Crippen molar-refractivity contribution in [2.45, 2.75) is 26.0 Å². The Morgan fingerprint density at radius 1 is 0.944 bits per heavy atom. The van der Waals surface area contributed by atoms with Crippen molar-refractivity contribution in [1.82, 2.24) is 4.90 Å². The fraction of sp³-hybridized carbons (Fsp3) is 0.179. The molecular formula is C28H23N3O5. The minimum Gasteiger partial charge on any atom is -0.449 e. The number of anilines is 1. The van der Waals surface area contributed by atoms with Crippen molar-refractivity contribution in [2.75, 3.05) is 11.4 Å². The first-order chi connectivity index (χ1) is 17.4. The molecule has 1 atom stereocenters. The number of nitriles is 1. The molecule has 0 aromatic heterocycles. The van der Waals surface area contributed by atoms with Crippen molar-refractivity contribution in [3.8, 4) is 6.07 Å². The lowest BCUT2D eigenvalue weighted by Crippen LogP contribution is -2.40. The summed E-state index contributed by atoms with van der Waals surface area (Å²) in [7, 11) is 0. The van der Waals surface area contributed by atoms with E-state index in [9.17, 15) is 19.2 Å². The summed E-state index contributed by atoms with van der Waals surface area (Å²) < 4.78 is 5.44. The van der Waals surface area contributed by atoms with E-state index in [1.54, 1.807) is 60.7 Å². The zero-order chi connectivity index (χ0) is 25.7. The van der Waals surface area contributed by atoms with Crippen LogP contribution in [0.4, 0.5) is 5.69 Å². The minimum atomic E-state index is -1.10. The van der Waals surface area contributed by atoms with E-state index in [2.05, 4.69) is 0 Å². The van der Waals surface area contributed by atoms with Gasteiger partial charge in [-0.05, 0) is 48.9 Å². The van der Waals surface area contributed by atoms with E-state index >= 15 is 0 Å². The number of esters is 1. The smallest absolute Gasteiger partial charge is 0.338 e. The third-order valence-electron chi connectivity index (χ3n) is 5.79. The Hall–Kier alpha value is -4.77. The molecule has 0 saturated heterocycles. The van der Waals surface area contributed by atoms with Crippen LogP contribution in [0.5, 0.6) is 0 Å². The average Bonchev–Trinajstić information content (AvgIpc) is 3.14. The zero-order valence-electron chi connectivity index (χ0n) is 19.6. The molecule has 36 heavy (non-hydrogen) atoms. The van der Waals surface area contributed by atoms with E-state index in [0.29, 0.717) is 22.4 Å². The van der Waals surface area contributed by atoms with E-state index in [4.69, 9.17) is 10.00 Å². The lowest BCUT2D eigenvalue weighted by Gasteiger charge is -2.25. The molecule has 0 bridgehead atoms. The summed E-state index contributed by atoms with van der Waals surface area (Å²) in [4.78, 5) is 53.8. The second kappa shape index (κ2) is 10.7. The summed E-state index contributed by atoms with van der Waals surface area (Å²) in [6.07, 6.45) is -0.975. The summed E-state index contributed by atoms with van der Waals surface area (Å²) >= 11 is 0. The van der Waals surface area contributed by atoms with Gasteiger partial charge in [-0.3, -0.25) is 19.3 Å². The van der Waals surface area contributed by atoms with Crippen LogP contribution in [-0.4, -0.2) is 41.2 Å². The van der Waals surface area contributed by atoms with Crippen LogP contribution in [0.1, 0.15) is 50.0 Å². The van der Waals surface area contributed by atoms with Gasteiger partial charge in [0.2, 0.25) is 0 Å². The molecule has 0 spiro atoms. The number of ether oxygens (including phenoxy) is 1. The van der Waals surface area contributed by atoms with Crippen LogP contribution in [0.2, 0.25) is 0 Å². The molecule has 0 radical (unpaired) electrons. The lowest BCUT2D eigenvalue weighted by molar-refractivity contribution is -0.126. The van der Waals surface area contributed by atoms with Crippen LogP contribution < -0.4 is 4.90 Å². The van der Waals surface area contributed by atoms with Gasteiger partial charge in [-0.15, -0.1) is 0 Å². The van der Waals surface area contributed by atoms with Crippen LogP contribution in [0, 0.1) is 11.3 Å². The molecule has 0 saturated carbocycles. The molecule has 0 aliphatic carbocycles. The number of amides is 3. The molecule has 1 aliphatic rings. The van der Waals surface area contributed by atoms with Crippen LogP contribution in [-0.2, 0) is 16.1 Å². The van der Waals surface area contributed by atoms with Crippen LogP contribution in [0.3, 0.4) is 0 Å². The second-order valence-electron chi connectivity index (χ2n) is 8.22. The molecule has 4 rings (SSSR count). The number of rotatable bonds is 8. The monoisotopic (exact) mass is 481 g/mol. The number of hydrogen-bond donors (Lipinski definition) is 0. The Labute approximate surface area is 208 Å². The molecule has 1 aliphatic heterocycles.